The van der Waals surface area contributed by atoms with Gasteiger partial charge in [0.15, 0.2) is 0 Å². The van der Waals surface area contributed by atoms with Gasteiger partial charge in [0, 0.05) is 22.5 Å². The highest BCUT2D eigenvalue weighted by molar-refractivity contribution is 7.09. The largest absolute Gasteiger partial charge is 0.313 e. The van der Waals surface area contributed by atoms with E-state index in [-0.39, 0.29) is 0 Å². The van der Waals surface area contributed by atoms with E-state index in [1.807, 2.05) is 30.6 Å². The first-order valence-electron chi connectivity index (χ1n) is 6.92. The molecule has 1 unspecified atom stereocenters. The Morgan fingerprint density at radius 3 is 2.85 bits per heavy atom. The first-order valence-corrected chi connectivity index (χ1v) is 7.80. The molecule has 0 bridgehead atoms. The SMILES string of the molecule is CNC(CCc1cccs1)c1cccc2cccnc12. The van der Waals surface area contributed by atoms with E-state index in [9.17, 15) is 0 Å². The Hall–Kier alpha value is -1.71. The van der Waals surface area contributed by atoms with Crippen LogP contribution in [0, 0.1) is 0 Å². The summed E-state index contributed by atoms with van der Waals surface area (Å²) in [6, 6.07) is 15.2. The highest BCUT2D eigenvalue weighted by Crippen LogP contribution is 2.26. The van der Waals surface area contributed by atoms with Gasteiger partial charge >= 0.3 is 0 Å². The zero-order valence-corrected chi connectivity index (χ0v) is 12.4. The summed E-state index contributed by atoms with van der Waals surface area (Å²) in [6.45, 7) is 0. The van der Waals surface area contributed by atoms with Crippen LogP contribution in [0.2, 0.25) is 0 Å². The quantitative estimate of drug-likeness (QED) is 0.759. The van der Waals surface area contributed by atoms with Crippen molar-refractivity contribution in [2.75, 3.05) is 7.05 Å². The predicted octanol–water partition coefficient (Wildman–Crippen LogP) is 4.19. The second-order valence-electron chi connectivity index (χ2n) is 4.88. The van der Waals surface area contributed by atoms with Crippen LogP contribution in [0.4, 0.5) is 0 Å². The van der Waals surface area contributed by atoms with Gasteiger partial charge in [-0.2, -0.15) is 0 Å². The smallest absolute Gasteiger partial charge is 0.0749 e. The van der Waals surface area contributed by atoms with Gasteiger partial charge in [0.1, 0.15) is 0 Å². The minimum Gasteiger partial charge on any atom is -0.313 e. The first-order chi connectivity index (χ1) is 9.88. The third-order valence-corrected chi connectivity index (χ3v) is 4.58. The molecule has 2 aromatic heterocycles. The van der Waals surface area contributed by atoms with E-state index in [1.165, 1.54) is 15.8 Å². The van der Waals surface area contributed by atoms with Crippen LogP contribution in [-0.2, 0) is 6.42 Å². The van der Waals surface area contributed by atoms with E-state index in [2.05, 4.69) is 52.1 Å². The van der Waals surface area contributed by atoms with Crippen molar-refractivity contribution in [1.82, 2.24) is 10.3 Å². The van der Waals surface area contributed by atoms with Gasteiger partial charge in [0.05, 0.1) is 5.52 Å². The van der Waals surface area contributed by atoms with Gasteiger partial charge < -0.3 is 5.32 Å². The second-order valence-corrected chi connectivity index (χ2v) is 5.91. The number of pyridine rings is 1. The van der Waals surface area contributed by atoms with Crippen LogP contribution in [0.5, 0.6) is 0 Å². The summed E-state index contributed by atoms with van der Waals surface area (Å²) < 4.78 is 0. The minimum absolute atomic E-state index is 0.343. The van der Waals surface area contributed by atoms with Crippen LogP contribution < -0.4 is 5.32 Å². The number of nitrogens with one attached hydrogen (secondary N) is 1. The van der Waals surface area contributed by atoms with Gasteiger partial charge in [-0.25, -0.2) is 0 Å². The maximum atomic E-state index is 4.56. The molecule has 1 N–H and O–H groups in total. The topological polar surface area (TPSA) is 24.9 Å². The van der Waals surface area contributed by atoms with Crippen molar-refractivity contribution in [1.29, 1.82) is 0 Å². The summed E-state index contributed by atoms with van der Waals surface area (Å²) in [4.78, 5) is 6.00. The maximum absolute atomic E-state index is 4.56. The lowest BCUT2D eigenvalue weighted by atomic mass is 9.98. The van der Waals surface area contributed by atoms with Gasteiger partial charge in [-0.05, 0) is 43.0 Å². The molecule has 3 aromatic rings. The van der Waals surface area contributed by atoms with Gasteiger partial charge in [-0.3, -0.25) is 4.98 Å². The van der Waals surface area contributed by atoms with E-state index < -0.39 is 0 Å². The third kappa shape index (κ3) is 2.74. The Bertz CT molecular complexity index is 671. The Morgan fingerprint density at radius 2 is 2.05 bits per heavy atom. The lowest BCUT2D eigenvalue weighted by Crippen LogP contribution is -2.17. The third-order valence-electron chi connectivity index (χ3n) is 3.65. The summed E-state index contributed by atoms with van der Waals surface area (Å²) in [5.41, 5.74) is 2.41. The molecule has 3 heteroatoms. The molecule has 2 heterocycles. The van der Waals surface area contributed by atoms with Gasteiger partial charge in [0.2, 0.25) is 0 Å². The van der Waals surface area contributed by atoms with Gasteiger partial charge in [-0.15, -0.1) is 11.3 Å². The molecule has 0 amide bonds. The van der Waals surface area contributed by atoms with E-state index in [1.54, 1.807) is 0 Å². The number of aromatic nitrogens is 1. The lowest BCUT2D eigenvalue weighted by Gasteiger charge is -2.17. The molecule has 1 atom stereocenters. The zero-order chi connectivity index (χ0) is 13.8. The molecule has 0 aliphatic heterocycles. The normalized spacial score (nSPS) is 12.7. The van der Waals surface area contributed by atoms with Crippen LogP contribution in [0.3, 0.4) is 0 Å². The predicted molar refractivity (Wildman–Crippen MR) is 86.2 cm³/mol. The molecule has 0 saturated heterocycles. The van der Waals surface area contributed by atoms with Crippen LogP contribution in [-0.4, -0.2) is 12.0 Å². The van der Waals surface area contributed by atoms with E-state index in [0.29, 0.717) is 6.04 Å². The molecule has 0 spiro atoms. The minimum atomic E-state index is 0.343. The fraction of sp³-hybridized carbons (Fsp3) is 0.235. The second kappa shape index (κ2) is 6.16. The number of aryl methyl sites for hydroxylation is 1. The van der Waals surface area contributed by atoms with Gasteiger partial charge in [-0.1, -0.05) is 30.3 Å². The summed E-state index contributed by atoms with van der Waals surface area (Å²) >= 11 is 1.83. The zero-order valence-electron chi connectivity index (χ0n) is 11.5. The number of hydrogen-bond acceptors (Lipinski definition) is 3. The number of hydrogen-bond donors (Lipinski definition) is 1. The average molecular weight is 282 g/mol. The van der Waals surface area contributed by atoms with Crippen molar-refractivity contribution < 1.29 is 0 Å². The molecule has 102 valence electrons. The summed E-state index contributed by atoms with van der Waals surface area (Å²) in [7, 11) is 2.03. The monoisotopic (exact) mass is 282 g/mol. The Balaban J connectivity index is 1.87. The molecule has 0 saturated carbocycles. The molecule has 0 aliphatic carbocycles. The number of benzene rings is 1. The van der Waals surface area contributed by atoms with Crippen LogP contribution in [0.25, 0.3) is 10.9 Å². The van der Waals surface area contributed by atoms with E-state index >= 15 is 0 Å². The molecule has 20 heavy (non-hydrogen) atoms. The number of nitrogens with zero attached hydrogens (tertiary/aromatic N) is 1. The molecular formula is C17H18N2S. The van der Waals surface area contributed by atoms with Crippen molar-refractivity contribution in [3.8, 4) is 0 Å². The molecule has 1 aromatic carbocycles. The summed E-state index contributed by atoms with van der Waals surface area (Å²) in [5, 5.41) is 6.79. The summed E-state index contributed by atoms with van der Waals surface area (Å²) in [5.74, 6) is 0. The van der Waals surface area contributed by atoms with Crippen molar-refractivity contribution in [3.05, 3.63) is 64.5 Å². The molecule has 0 fully saturated rings. The molecule has 3 rings (SSSR count). The highest BCUT2D eigenvalue weighted by atomic mass is 32.1. The average Bonchev–Trinajstić information content (AvgIpc) is 3.01. The van der Waals surface area contributed by atoms with Crippen molar-refractivity contribution >= 4 is 22.2 Å². The fourth-order valence-corrected chi connectivity index (χ4v) is 3.33. The van der Waals surface area contributed by atoms with Crippen LogP contribution in [0.1, 0.15) is 22.9 Å². The Labute approximate surface area is 123 Å². The number of rotatable bonds is 5. The first kappa shape index (κ1) is 13.3. The van der Waals surface area contributed by atoms with Crippen LogP contribution >= 0.6 is 11.3 Å². The molecule has 0 aliphatic rings. The highest BCUT2D eigenvalue weighted by Gasteiger charge is 2.13. The van der Waals surface area contributed by atoms with Crippen molar-refractivity contribution in [2.24, 2.45) is 0 Å². The number of para-hydroxylation sites is 1. The van der Waals surface area contributed by atoms with Crippen LogP contribution in [0.15, 0.2) is 54.0 Å². The fourth-order valence-electron chi connectivity index (χ4n) is 2.61. The molecular weight excluding hydrogens is 264 g/mol. The lowest BCUT2D eigenvalue weighted by molar-refractivity contribution is 0.554. The van der Waals surface area contributed by atoms with E-state index in [0.717, 1.165) is 18.4 Å². The molecule has 0 radical (unpaired) electrons. The summed E-state index contributed by atoms with van der Waals surface area (Å²) in [6.07, 6.45) is 4.07. The van der Waals surface area contributed by atoms with Crippen molar-refractivity contribution in [2.45, 2.75) is 18.9 Å². The Kier molecular flexibility index (Phi) is 4.09. The standard InChI is InChI=1S/C17H18N2S/c1-18-16(10-9-14-7-4-12-20-14)15-8-2-5-13-6-3-11-19-17(13)15/h2-8,11-12,16,18H,9-10H2,1H3. The van der Waals surface area contributed by atoms with Crippen molar-refractivity contribution in [3.63, 3.8) is 0 Å². The maximum Gasteiger partial charge on any atom is 0.0749 e. The molecule has 2 nitrogen and oxygen atoms in total. The Morgan fingerprint density at radius 1 is 1.15 bits per heavy atom. The number of thiophene rings is 1. The van der Waals surface area contributed by atoms with Gasteiger partial charge in [0.25, 0.3) is 0 Å². The van der Waals surface area contributed by atoms with E-state index in [4.69, 9.17) is 0 Å². The number of fused-ring (bicyclic) bond motifs is 1.